The van der Waals surface area contributed by atoms with Crippen molar-refractivity contribution in [3.63, 3.8) is 0 Å². The molecule has 236 valence electrons. The van der Waals surface area contributed by atoms with E-state index in [0.717, 1.165) is 48.6 Å². The van der Waals surface area contributed by atoms with Crippen LogP contribution in [-0.2, 0) is 28.4 Å². The number of fused-ring (bicyclic) bond motifs is 1. The van der Waals surface area contributed by atoms with Gasteiger partial charge in [-0.05, 0) is 12.8 Å². The minimum Gasteiger partial charge on any atom is -0.383 e. The Hall–Kier alpha value is -2.62. The Labute approximate surface area is 249 Å². The lowest BCUT2D eigenvalue weighted by atomic mass is 10.1. The molecule has 0 aromatic carbocycles. The average Bonchev–Trinajstić information content (AvgIpc) is 3.04. The van der Waals surface area contributed by atoms with Crippen LogP contribution in [0.1, 0.15) is 12.8 Å². The number of anilines is 4. The van der Waals surface area contributed by atoms with Crippen LogP contribution in [0.4, 0.5) is 23.5 Å². The van der Waals surface area contributed by atoms with Crippen molar-refractivity contribution in [3.05, 3.63) is 0 Å². The van der Waals surface area contributed by atoms with Gasteiger partial charge in [0.15, 0.2) is 11.6 Å². The molecule has 0 N–H and O–H groups in total. The second-order valence-corrected chi connectivity index (χ2v) is 10.4. The Bertz CT molecular complexity index is 1070. The maximum absolute atomic E-state index is 5.69. The summed E-state index contributed by atoms with van der Waals surface area (Å²) in [6, 6.07) is 0. The van der Waals surface area contributed by atoms with Gasteiger partial charge in [-0.1, -0.05) is 0 Å². The molecule has 42 heavy (non-hydrogen) atoms. The Balaban J connectivity index is 1.90. The summed E-state index contributed by atoms with van der Waals surface area (Å²) in [7, 11) is 8.58. The summed E-state index contributed by atoms with van der Waals surface area (Å²) in [5.41, 5.74) is 1.46. The van der Waals surface area contributed by atoms with E-state index in [1.54, 1.807) is 35.5 Å². The van der Waals surface area contributed by atoms with E-state index in [4.69, 9.17) is 48.4 Å². The predicted molar refractivity (Wildman–Crippen MR) is 162 cm³/mol. The monoisotopic (exact) mass is 592 g/mol. The molecule has 2 aliphatic heterocycles. The van der Waals surface area contributed by atoms with Gasteiger partial charge in [-0.25, -0.2) is 9.97 Å². The van der Waals surface area contributed by atoms with Crippen LogP contribution in [0.15, 0.2) is 0 Å². The summed E-state index contributed by atoms with van der Waals surface area (Å²) in [4.78, 5) is 29.4. The maximum Gasteiger partial charge on any atom is 0.228 e. The normalized spacial score (nSPS) is 16.4. The van der Waals surface area contributed by atoms with Gasteiger partial charge in [0.2, 0.25) is 11.9 Å². The largest absolute Gasteiger partial charge is 0.383 e. The Morgan fingerprint density at radius 2 is 1.02 bits per heavy atom. The number of piperidine rings is 1. The third kappa shape index (κ3) is 8.26. The molecule has 14 heteroatoms. The zero-order valence-electron chi connectivity index (χ0n) is 25.9. The van der Waals surface area contributed by atoms with Crippen molar-refractivity contribution in [1.29, 1.82) is 0 Å². The molecule has 0 aliphatic carbocycles. The SMILES string of the molecule is COCCN(CCOC)c1nc(N2CCC(OC)CC2)c2nc(N(CCOC)CCOC)nc(N3CCOCC3)c2n1. The first-order valence-electron chi connectivity index (χ1n) is 14.8. The van der Waals surface area contributed by atoms with E-state index in [0.29, 0.717) is 90.8 Å². The van der Waals surface area contributed by atoms with Crippen molar-refractivity contribution in [2.24, 2.45) is 0 Å². The lowest BCUT2D eigenvalue weighted by Crippen LogP contribution is -2.40. The molecule has 4 heterocycles. The van der Waals surface area contributed by atoms with E-state index < -0.39 is 0 Å². The summed E-state index contributed by atoms with van der Waals surface area (Å²) < 4.78 is 33.0. The van der Waals surface area contributed by atoms with E-state index >= 15 is 0 Å². The number of nitrogens with zero attached hydrogens (tertiary/aromatic N) is 8. The highest BCUT2D eigenvalue weighted by Crippen LogP contribution is 2.34. The van der Waals surface area contributed by atoms with Crippen LogP contribution in [0.2, 0.25) is 0 Å². The van der Waals surface area contributed by atoms with Gasteiger partial charge in [-0.3, -0.25) is 0 Å². The van der Waals surface area contributed by atoms with E-state index in [2.05, 4.69) is 19.6 Å². The quantitative estimate of drug-likeness (QED) is 0.260. The highest BCUT2D eigenvalue weighted by atomic mass is 16.5. The number of morpholine rings is 1. The first-order chi connectivity index (χ1) is 20.6. The van der Waals surface area contributed by atoms with Gasteiger partial charge in [-0.2, -0.15) is 9.97 Å². The molecule has 2 aromatic heterocycles. The van der Waals surface area contributed by atoms with Crippen LogP contribution in [0.5, 0.6) is 0 Å². The molecule has 2 saturated heterocycles. The molecule has 2 fully saturated rings. The van der Waals surface area contributed by atoms with Crippen LogP contribution in [0, 0.1) is 0 Å². The molecule has 0 atom stereocenters. The molecule has 4 rings (SSSR count). The molecule has 0 radical (unpaired) electrons. The first kappa shape index (κ1) is 32.3. The van der Waals surface area contributed by atoms with Crippen LogP contribution >= 0.6 is 0 Å². The highest BCUT2D eigenvalue weighted by Gasteiger charge is 2.28. The minimum absolute atomic E-state index is 0.237. The minimum atomic E-state index is 0.237. The number of rotatable bonds is 17. The van der Waals surface area contributed by atoms with Crippen molar-refractivity contribution in [2.45, 2.75) is 18.9 Å². The fourth-order valence-corrected chi connectivity index (χ4v) is 5.19. The van der Waals surface area contributed by atoms with Gasteiger partial charge in [0, 0.05) is 87.9 Å². The van der Waals surface area contributed by atoms with Crippen molar-refractivity contribution in [2.75, 3.05) is 147 Å². The second kappa shape index (κ2) is 16.9. The number of methoxy groups -OCH3 is 5. The van der Waals surface area contributed by atoms with Gasteiger partial charge in [-0.15, -0.1) is 0 Å². The van der Waals surface area contributed by atoms with Crippen molar-refractivity contribution in [1.82, 2.24) is 19.9 Å². The molecule has 0 bridgehead atoms. The number of ether oxygens (including phenoxy) is 6. The van der Waals surface area contributed by atoms with Crippen LogP contribution in [0.3, 0.4) is 0 Å². The van der Waals surface area contributed by atoms with Crippen LogP contribution in [-0.4, -0.2) is 154 Å². The summed E-state index contributed by atoms with van der Waals surface area (Å²) in [5, 5.41) is 0. The molecule has 0 saturated carbocycles. The Kier molecular flexibility index (Phi) is 13.0. The standard InChI is InChI=1S/C28H48N8O6/c1-37-16-10-35(11-17-38-2)27-30-24-23(25(31-27)33-8-6-22(41-5)7-9-33)29-28(36(12-18-39-3)13-19-40-4)32-26(24)34-14-20-42-21-15-34/h22H,6-21H2,1-5H3. The Morgan fingerprint density at radius 3 is 1.40 bits per heavy atom. The van der Waals surface area contributed by atoms with E-state index in [9.17, 15) is 0 Å². The molecule has 0 spiro atoms. The zero-order valence-corrected chi connectivity index (χ0v) is 25.9. The third-order valence-electron chi connectivity index (χ3n) is 7.70. The van der Waals surface area contributed by atoms with E-state index in [1.807, 2.05) is 0 Å². The van der Waals surface area contributed by atoms with Crippen LogP contribution < -0.4 is 19.6 Å². The number of aromatic nitrogens is 4. The second-order valence-electron chi connectivity index (χ2n) is 10.4. The molecular formula is C28H48N8O6. The summed E-state index contributed by atoms with van der Waals surface area (Å²) in [6.07, 6.45) is 2.06. The van der Waals surface area contributed by atoms with Gasteiger partial charge in [0.1, 0.15) is 11.0 Å². The van der Waals surface area contributed by atoms with Crippen molar-refractivity contribution in [3.8, 4) is 0 Å². The van der Waals surface area contributed by atoms with Gasteiger partial charge < -0.3 is 48.0 Å². The molecule has 0 amide bonds. The number of hydrogen-bond donors (Lipinski definition) is 0. The number of hydrogen-bond acceptors (Lipinski definition) is 14. The summed E-state index contributed by atoms with van der Waals surface area (Å²) >= 11 is 0. The van der Waals surface area contributed by atoms with Gasteiger partial charge in [0.25, 0.3) is 0 Å². The lowest BCUT2D eigenvalue weighted by Gasteiger charge is -2.34. The Morgan fingerprint density at radius 1 is 0.619 bits per heavy atom. The average molecular weight is 593 g/mol. The molecule has 0 unspecified atom stereocenters. The maximum atomic E-state index is 5.69. The predicted octanol–water partition coefficient (Wildman–Crippen LogP) is 1.07. The fraction of sp³-hybridized carbons (Fsp3) is 0.786. The van der Waals surface area contributed by atoms with Crippen molar-refractivity contribution < 1.29 is 28.4 Å². The molecule has 2 aromatic rings. The van der Waals surface area contributed by atoms with Gasteiger partial charge >= 0.3 is 0 Å². The summed E-state index contributed by atoms with van der Waals surface area (Å²) in [6.45, 7) is 8.98. The molecular weight excluding hydrogens is 544 g/mol. The molecule has 2 aliphatic rings. The van der Waals surface area contributed by atoms with E-state index in [-0.39, 0.29) is 6.10 Å². The van der Waals surface area contributed by atoms with E-state index in [1.165, 1.54) is 0 Å². The van der Waals surface area contributed by atoms with Gasteiger partial charge in [0.05, 0.1) is 45.7 Å². The molecule has 14 nitrogen and oxygen atoms in total. The lowest BCUT2D eigenvalue weighted by molar-refractivity contribution is 0.0818. The van der Waals surface area contributed by atoms with Crippen molar-refractivity contribution >= 4 is 34.6 Å². The fourth-order valence-electron chi connectivity index (χ4n) is 5.19. The topological polar surface area (TPSA) is 120 Å². The highest BCUT2D eigenvalue weighted by molar-refractivity contribution is 5.95. The summed E-state index contributed by atoms with van der Waals surface area (Å²) in [5.74, 6) is 2.81. The zero-order chi connectivity index (χ0) is 29.7. The third-order valence-corrected chi connectivity index (χ3v) is 7.70. The van der Waals surface area contributed by atoms with Crippen LogP contribution in [0.25, 0.3) is 11.0 Å². The first-order valence-corrected chi connectivity index (χ1v) is 14.8. The smallest absolute Gasteiger partial charge is 0.228 e.